The van der Waals surface area contributed by atoms with Crippen LogP contribution in [0.5, 0.6) is 5.75 Å². The van der Waals surface area contributed by atoms with Crippen LogP contribution in [-0.2, 0) is 6.42 Å². The first kappa shape index (κ1) is 12.8. The predicted molar refractivity (Wildman–Crippen MR) is 51.7 cm³/mol. The molecule has 1 rings (SSSR count). The van der Waals surface area contributed by atoms with Crippen molar-refractivity contribution >= 4 is 5.82 Å². The normalized spacial score (nSPS) is 10.1. The number of ether oxygens (including phenoxy) is 1. The lowest BCUT2D eigenvalue weighted by atomic mass is 10.1. The highest BCUT2D eigenvalue weighted by Gasteiger charge is 2.26. The molecule has 0 radical (unpaired) electrons. The van der Waals surface area contributed by atoms with Crippen molar-refractivity contribution in [3.05, 3.63) is 27.4 Å². The van der Waals surface area contributed by atoms with Gasteiger partial charge in [0.15, 0.2) is 5.75 Å². The third-order valence-corrected chi connectivity index (χ3v) is 1.93. The van der Waals surface area contributed by atoms with E-state index in [1.807, 2.05) is 0 Å². The summed E-state index contributed by atoms with van der Waals surface area (Å²) in [6.45, 7) is 0. The van der Waals surface area contributed by atoms with E-state index in [-0.39, 0.29) is 17.9 Å². The SMILES string of the molecule is COc1c(C(F)F)cc([N+](=O)[O-])nc1CC#N. The second-order valence-electron chi connectivity index (χ2n) is 2.94. The summed E-state index contributed by atoms with van der Waals surface area (Å²) in [6.07, 6.45) is -3.28. The van der Waals surface area contributed by atoms with Gasteiger partial charge in [0.1, 0.15) is 6.42 Å². The Morgan fingerprint density at radius 2 is 2.35 bits per heavy atom. The topological polar surface area (TPSA) is 89.1 Å². The van der Waals surface area contributed by atoms with E-state index in [0.29, 0.717) is 6.07 Å². The standard InChI is InChI=1S/C9H7F2N3O3/c1-17-8-5(9(10)11)4-7(14(15)16)13-6(8)2-3-12/h4,9H,2H2,1H3. The number of methoxy groups -OCH3 is 1. The molecule has 8 heteroatoms. The minimum atomic E-state index is -2.94. The Morgan fingerprint density at radius 3 is 2.76 bits per heavy atom. The molecule has 1 aromatic rings. The van der Waals surface area contributed by atoms with Crippen LogP contribution in [0.2, 0.25) is 0 Å². The van der Waals surface area contributed by atoms with Gasteiger partial charge in [-0.3, -0.25) is 0 Å². The third kappa shape index (κ3) is 2.63. The van der Waals surface area contributed by atoms with E-state index < -0.39 is 22.7 Å². The summed E-state index contributed by atoms with van der Waals surface area (Å²) in [4.78, 5) is 13.1. The Morgan fingerprint density at radius 1 is 1.71 bits per heavy atom. The van der Waals surface area contributed by atoms with Crippen molar-refractivity contribution < 1.29 is 18.4 Å². The van der Waals surface area contributed by atoms with Crippen molar-refractivity contribution in [3.8, 4) is 11.8 Å². The van der Waals surface area contributed by atoms with Gasteiger partial charge in [-0.15, -0.1) is 0 Å². The second kappa shape index (κ2) is 5.16. The minimum Gasteiger partial charge on any atom is -0.492 e. The molecule has 0 aliphatic heterocycles. The summed E-state index contributed by atoms with van der Waals surface area (Å²) < 4.78 is 30.0. The number of hydrogen-bond acceptors (Lipinski definition) is 5. The van der Waals surface area contributed by atoms with Gasteiger partial charge in [-0.05, 0) is 9.91 Å². The maximum absolute atomic E-state index is 12.7. The van der Waals surface area contributed by atoms with Crippen molar-refractivity contribution in [1.29, 1.82) is 5.26 Å². The van der Waals surface area contributed by atoms with E-state index in [4.69, 9.17) is 10.00 Å². The van der Waals surface area contributed by atoms with Gasteiger partial charge in [0.2, 0.25) is 5.69 Å². The van der Waals surface area contributed by atoms with Crippen LogP contribution in [0.25, 0.3) is 0 Å². The largest absolute Gasteiger partial charge is 0.492 e. The average Bonchev–Trinajstić information content (AvgIpc) is 2.28. The van der Waals surface area contributed by atoms with Crippen molar-refractivity contribution in [3.63, 3.8) is 0 Å². The second-order valence-corrected chi connectivity index (χ2v) is 2.94. The van der Waals surface area contributed by atoms with E-state index >= 15 is 0 Å². The lowest BCUT2D eigenvalue weighted by Gasteiger charge is -2.08. The zero-order valence-corrected chi connectivity index (χ0v) is 8.68. The summed E-state index contributed by atoms with van der Waals surface area (Å²) in [5.74, 6) is -1.02. The molecule has 6 nitrogen and oxygen atoms in total. The first-order valence-corrected chi connectivity index (χ1v) is 4.38. The lowest BCUT2D eigenvalue weighted by molar-refractivity contribution is -0.389. The fourth-order valence-electron chi connectivity index (χ4n) is 1.28. The van der Waals surface area contributed by atoms with Gasteiger partial charge in [0.05, 0.1) is 18.7 Å². The van der Waals surface area contributed by atoms with Gasteiger partial charge in [0.25, 0.3) is 6.43 Å². The molecule has 0 saturated carbocycles. The lowest BCUT2D eigenvalue weighted by Crippen LogP contribution is -2.04. The number of hydrogen-bond donors (Lipinski definition) is 0. The van der Waals surface area contributed by atoms with Crippen LogP contribution >= 0.6 is 0 Å². The Labute approximate surface area is 94.6 Å². The first-order chi connectivity index (χ1) is 8.01. The molecule has 1 aromatic heterocycles. The van der Waals surface area contributed by atoms with Crippen LogP contribution in [0, 0.1) is 21.4 Å². The van der Waals surface area contributed by atoms with E-state index in [1.165, 1.54) is 0 Å². The maximum atomic E-state index is 12.7. The molecule has 1 heterocycles. The molecule has 17 heavy (non-hydrogen) atoms. The molecule has 0 fully saturated rings. The number of halogens is 2. The van der Waals surface area contributed by atoms with Crippen molar-refractivity contribution in [2.75, 3.05) is 7.11 Å². The number of pyridine rings is 1. The molecular weight excluding hydrogens is 236 g/mol. The zero-order chi connectivity index (χ0) is 13.0. The van der Waals surface area contributed by atoms with E-state index in [1.54, 1.807) is 6.07 Å². The van der Waals surface area contributed by atoms with Crippen LogP contribution in [-0.4, -0.2) is 17.0 Å². The molecule has 0 aliphatic rings. The van der Waals surface area contributed by atoms with Crippen molar-refractivity contribution in [1.82, 2.24) is 4.98 Å². The molecular formula is C9H7F2N3O3. The van der Waals surface area contributed by atoms with Gasteiger partial charge >= 0.3 is 5.82 Å². The molecule has 90 valence electrons. The number of alkyl halides is 2. The van der Waals surface area contributed by atoms with Crippen molar-refractivity contribution in [2.24, 2.45) is 0 Å². The summed E-state index contributed by atoms with van der Waals surface area (Å²) in [6, 6.07) is 2.32. The van der Waals surface area contributed by atoms with Crippen LogP contribution in [0.3, 0.4) is 0 Å². The zero-order valence-electron chi connectivity index (χ0n) is 8.68. The van der Waals surface area contributed by atoms with Gasteiger partial charge in [-0.1, -0.05) is 0 Å². The van der Waals surface area contributed by atoms with E-state index in [2.05, 4.69) is 4.98 Å². The average molecular weight is 243 g/mol. The number of nitriles is 1. The Bertz CT molecular complexity index is 485. The fourth-order valence-corrected chi connectivity index (χ4v) is 1.28. The monoisotopic (exact) mass is 243 g/mol. The van der Waals surface area contributed by atoms with Gasteiger partial charge in [-0.25, -0.2) is 8.78 Å². The highest BCUT2D eigenvalue weighted by atomic mass is 19.3. The van der Waals surface area contributed by atoms with Crippen LogP contribution < -0.4 is 4.74 Å². The smallest absolute Gasteiger partial charge is 0.364 e. The number of rotatable bonds is 4. The summed E-state index contributed by atoms with van der Waals surface area (Å²) in [7, 11) is 1.13. The molecule has 0 amide bonds. The molecule has 0 atom stereocenters. The van der Waals surface area contributed by atoms with Gasteiger partial charge in [0, 0.05) is 6.07 Å². The molecule has 0 aliphatic carbocycles. The number of nitrogens with zero attached hydrogens (tertiary/aromatic N) is 3. The first-order valence-electron chi connectivity index (χ1n) is 4.38. The molecule has 0 saturated heterocycles. The number of nitro groups is 1. The van der Waals surface area contributed by atoms with Crippen LogP contribution in [0.15, 0.2) is 6.07 Å². The highest BCUT2D eigenvalue weighted by Crippen LogP contribution is 2.33. The van der Waals surface area contributed by atoms with E-state index in [0.717, 1.165) is 7.11 Å². The molecule has 0 aromatic carbocycles. The minimum absolute atomic E-state index is 0.167. The molecule has 0 bridgehead atoms. The summed E-state index contributed by atoms with van der Waals surface area (Å²) >= 11 is 0. The molecule has 0 unspecified atom stereocenters. The van der Waals surface area contributed by atoms with Crippen LogP contribution in [0.4, 0.5) is 14.6 Å². The quantitative estimate of drug-likeness (QED) is 0.596. The number of aromatic nitrogens is 1. The van der Waals surface area contributed by atoms with Gasteiger partial charge in [-0.2, -0.15) is 5.26 Å². The summed E-state index contributed by atoms with van der Waals surface area (Å²) in [5, 5.41) is 19.0. The van der Waals surface area contributed by atoms with Gasteiger partial charge < -0.3 is 14.9 Å². The Hall–Kier alpha value is -2.30. The maximum Gasteiger partial charge on any atom is 0.364 e. The van der Waals surface area contributed by atoms with E-state index in [9.17, 15) is 18.9 Å². The fraction of sp³-hybridized carbons (Fsp3) is 0.333. The predicted octanol–water partition coefficient (Wildman–Crippen LogP) is 2.00. The summed E-state index contributed by atoms with van der Waals surface area (Å²) in [5.41, 5.74) is -0.807. The third-order valence-electron chi connectivity index (χ3n) is 1.93. The Balaban J connectivity index is 3.46. The Kier molecular flexibility index (Phi) is 3.87. The molecule has 0 N–H and O–H groups in total. The highest BCUT2D eigenvalue weighted by molar-refractivity contribution is 5.44. The van der Waals surface area contributed by atoms with Crippen LogP contribution in [0.1, 0.15) is 17.7 Å². The van der Waals surface area contributed by atoms with Crippen molar-refractivity contribution in [2.45, 2.75) is 12.8 Å². The molecule has 0 spiro atoms.